The monoisotopic (exact) mass is 346 g/mol. The van der Waals surface area contributed by atoms with E-state index in [1.54, 1.807) is 12.1 Å². The Hall–Kier alpha value is -2.39. The lowest BCUT2D eigenvalue weighted by molar-refractivity contribution is 0.275. The van der Waals surface area contributed by atoms with Crippen LogP contribution in [-0.2, 0) is 0 Å². The first-order valence-electron chi connectivity index (χ1n) is 9.50. The Morgan fingerprint density at radius 3 is 2.92 bits per heavy atom. The van der Waals surface area contributed by atoms with Gasteiger partial charge < -0.3 is 4.57 Å². The fourth-order valence-electron chi connectivity index (χ4n) is 4.60. The minimum absolute atomic E-state index is 0.167. The Morgan fingerprint density at radius 2 is 2.04 bits per heavy atom. The quantitative estimate of drug-likeness (QED) is 0.609. The maximum atomic E-state index is 14.0. The van der Waals surface area contributed by atoms with Crippen molar-refractivity contribution in [1.82, 2.24) is 9.47 Å². The maximum Gasteiger partial charge on any atom is 0.123 e. The minimum atomic E-state index is -0.167. The summed E-state index contributed by atoms with van der Waals surface area (Å²) >= 11 is 0. The molecular formula is C23H23FN2. The zero-order valence-corrected chi connectivity index (χ0v) is 15.1. The van der Waals surface area contributed by atoms with Gasteiger partial charge in [-0.3, -0.25) is 4.90 Å². The summed E-state index contributed by atoms with van der Waals surface area (Å²) < 4.78 is 16.2. The predicted molar refractivity (Wildman–Crippen MR) is 105 cm³/mol. The molecule has 0 amide bonds. The molecule has 1 atom stereocenters. The van der Waals surface area contributed by atoms with Gasteiger partial charge in [-0.2, -0.15) is 0 Å². The van der Waals surface area contributed by atoms with Crippen LogP contribution in [-0.4, -0.2) is 28.6 Å². The van der Waals surface area contributed by atoms with E-state index in [1.165, 1.54) is 36.1 Å². The maximum absolute atomic E-state index is 14.0. The summed E-state index contributed by atoms with van der Waals surface area (Å²) in [6.07, 6.45) is 8.20. The second-order valence-corrected chi connectivity index (χ2v) is 7.64. The molecular weight excluding hydrogens is 323 g/mol. The molecule has 1 fully saturated rings. The van der Waals surface area contributed by atoms with Crippen LogP contribution < -0.4 is 0 Å². The topological polar surface area (TPSA) is 8.17 Å². The van der Waals surface area contributed by atoms with Gasteiger partial charge >= 0.3 is 0 Å². The molecule has 2 aromatic carbocycles. The van der Waals surface area contributed by atoms with E-state index in [4.69, 9.17) is 0 Å². The summed E-state index contributed by atoms with van der Waals surface area (Å²) in [4.78, 5) is 2.57. The zero-order chi connectivity index (χ0) is 17.7. The van der Waals surface area contributed by atoms with Crippen molar-refractivity contribution < 1.29 is 4.39 Å². The number of aromatic nitrogens is 1. The molecule has 0 aliphatic carbocycles. The Kier molecular flexibility index (Phi) is 3.71. The van der Waals surface area contributed by atoms with E-state index in [2.05, 4.69) is 52.9 Å². The number of rotatable bonds is 2. The molecule has 2 nitrogen and oxygen atoms in total. The first kappa shape index (κ1) is 15.8. The molecule has 26 heavy (non-hydrogen) atoms. The normalized spacial score (nSPS) is 20.4. The van der Waals surface area contributed by atoms with Crippen molar-refractivity contribution in [2.75, 3.05) is 13.1 Å². The smallest absolute Gasteiger partial charge is 0.123 e. The Labute approximate surface area is 153 Å². The van der Waals surface area contributed by atoms with Crippen LogP contribution in [0, 0.1) is 12.7 Å². The summed E-state index contributed by atoms with van der Waals surface area (Å²) in [5.74, 6) is -0.167. The van der Waals surface area contributed by atoms with Crippen molar-refractivity contribution in [2.24, 2.45) is 0 Å². The molecule has 0 N–H and O–H groups in total. The van der Waals surface area contributed by atoms with Crippen LogP contribution in [0.2, 0.25) is 0 Å². The molecule has 0 spiro atoms. The standard InChI is InChI=1S/C23H23FN2/c1-16-4-2-5-20(12-16)26-15-22(21-14-18(24)7-8-23(21)26)17-9-11-25-10-3-6-19(25)13-17/h2,4-5,7-9,12,14-15,19H,3,6,10-11,13H2,1H3. The third kappa shape index (κ3) is 2.58. The first-order chi connectivity index (χ1) is 12.7. The van der Waals surface area contributed by atoms with E-state index >= 15 is 0 Å². The van der Waals surface area contributed by atoms with Crippen molar-refractivity contribution in [1.29, 1.82) is 0 Å². The van der Waals surface area contributed by atoms with Crippen molar-refractivity contribution in [3.63, 3.8) is 0 Å². The molecule has 2 aliphatic rings. The van der Waals surface area contributed by atoms with Gasteiger partial charge in [0.1, 0.15) is 5.82 Å². The Morgan fingerprint density at radius 1 is 1.12 bits per heavy atom. The molecule has 3 heterocycles. The van der Waals surface area contributed by atoms with E-state index in [1.807, 2.05) is 6.07 Å². The second-order valence-electron chi connectivity index (χ2n) is 7.64. The highest BCUT2D eigenvalue weighted by Crippen LogP contribution is 2.37. The van der Waals surface area contributed by atoms with E-state index in [0.717, 1.165) is 29.6 Å². The third-order valence-corrected chi connectivity index (χ3v) is 5.92. The molecule has 132 valence electrons. The average molecular weight is 346 g/mol. The molecule has 0 bridgehead atoms. The largest absolute Gasteiger partial charge is 0.316 e. The molecule has 2 aliphatic heterocycles. The zero-order valence-electron chi connectivity index (χ0n) is 15.1. The van der Waals surface area contributed by atoms with Crippen LogP contribution in [0.4, 0.5) is 4.39 Å². The second kappa shape index (κ2) is 6.10. The summed E-state index contributed by atoms with van der Waals surface area (Å²) in [7, 11) is 0. The van der Waals surface area contributed by atoms with E-state index in [0.29, 0.717) is 6.04 Å². The predicted octanol–water partition coefficient (Wildman–Crippen LogP) is 5.33. The highest BCUT2D eigenvalue weighted by molar-refractivity contribution is 5.94. The van der Waals surface area contributed by atoms with Gasteiger partial charge in [-0.05, 0) is 74.2 Å². The average Bonchev–Trinajstić information content (AvgIpc) is 3.25. The number of halogens is 1. The van der Waals surface area contributed by atoms with Gasteiger partial charge in [0.2, 0.25) is 0 Å². The van der Waals surface area contributed by atoms with Gasteiger partial charge in [-0.15, -0.1) is 0 Å². The molecule has 1 saturated heterocycles. The molecule has 0 saturated carbocycles. The molecule has 1 unspecified atom stereocenters. The number of fused-ring (bicyclic) bond motifs is 2. The van der Waals surface area contributed by atoms with Gasteiger partial charge in [0.25, 0.3) is 0 Å². The number of nitrogens with zero attached hydrogens (tertiary/aromatic N) is 2. The fourth-order valence-corrected chi connectivity index (χ4v) is 4.60. The molecule has 5 rings (SSSR count). The van der Waals surface area contributed by atoms with Crippen LogP contribution in [0.1, 0.15) is 30.4 Å². The number of hydrogen-bond acceptors (Lipinski definition) is 1. The van der Waals surface area contributed by atoms with Crippen molar-refractivity contribution in [2.45, 2.75) is 32.2 Å². The summed E-state index contributed by atoms with van der Waals surface area (Å²) in [6.45, 7) is 4.34. The summed E-state index contributed by atoms with van der Waals surface area (Å²) in [5.41, 5.74) is 5.99. The Bertz CT molecular complexity index is 1010. The highest BCUT2D eigenvalue weighted by atomic mass is 19.1. The van der Waals surface area contributed by atoms with E-state index in [9.17, 15) is 4.39 Å². The van der Waals surface area contributed by atoms with E-state index in [-0.39, 0.29) is 5.82 Å². The highest BCUT2D eigenvalue weighted by Gasteiger charge is 2.29. The number of benzene rings is 2. The van der Waals surface area contributed by atoms with Crippen molar-refractivity contribution in [3.05, 3.63) is 71.7 Å². The van der Waals surface area contributed by atoms with Gasteiger partial charge in [-0.1, -0.05) is 18.2 Å². The van der Waals surface area contributed by atoms with Crippen LogP contribution in [0.3, 0.4) is 0 Å². The molecule has 1 aromatic heterocycles. The molecule has 3 heteroatoms. The fraction of sp³-hybridized carbons (Fsp3) is 0.304. The van der Waals surface area contributed by atoms with Gasteiger partial charge in [0.15, 0.2) is 0 Å². The van der Waals surface area contributed by atoms with Gasteiger partial charge in [0.05, 0.1) is 5.52 Å². The first-order valence-corrected chi connectivity index (χ1v) is 9.50. The Balaban J connectivity index is 1.67. The minimum Gasteiger partial charge on any atom is -0.316 e. The van der Waals surface area contributed by atoms with Crippen LogP contribution >= 0.6 is 0 Å². The third-order valence-electron chi connectivity index (χ3n) is 5.92. The lowest BCUT2D eigenvalue weighted by Gasteiger charge is -2.29. The summed E-state index contributed by atoms with van der Waals surface area (Å²) in [6, 6.07) is 14.3. The lowest BCUT2D eigenvalue weighted by atomic mass is 9.94. The van der Waals surface area contributed by atoms with Crippen molar-refractivity contribution >= 4 is 16.5 Å². The number of hydrogen-bond donors (Lipinski definition) is 0. The van der Waals surface area contributed by atoms with Gasteiger partial charge in [-0.25, -0.2) is 4.39 Å². The van der Waals surface area contributed by atoms with Gasteiger partial charge in [0, 0.05) is 35.4 Å². The van der Waals surface area contributed by atoms with Crippen LogP contribution in [0.5, 0.6) is 0 Å². The lowest BCUT2D eigenvalue weighted by Crippen LogP contribution is -2.32. The van der Waals surface area contributed by atoms with Crippen LogP contribution in [0.25, 0.3) is 22.2 Å². The van der Waals surface area contributed by atoms with Crippen molar-refractivity contribution in [3.8, 4) is 5.69 Å². The number of aryl methyl sites for hydroxylation is 1. The summed E-state index contributed by atoms with van der Waals surface area (Å²) in [5, 5.41) is 1.02. The van der Waals surface area contributed by atoms with E-state index < -0.39 is 0 Å². The SMILES string of the molecule is Cc1cccc(-n2cc(C3=CCN4CCCC4C3)c3cc(F)ccc32)c1. The molecule has 3 aromatic rings. The van der Waals surface area contributed by atoms with Crippen LogP contribution in [0.15, 0.2) is 54.7 Å². The molecule has 0 radical (unpaired) electrons.